The second kappa shape index (κ2) is 7.78. The average Bonchev–Trinajstić information content (AvgIpc) is 2.66. The lowest BCUT2D eigenvalue weighted by atomic mass is 9.75. The van der Waals surface area contributed by atoms with Crippen molar-refractivity contribution >= 4 is 28.9 Å². The maximum atomic E-state index is 13.0. The summed E-state index contributed by atoms with van der Waals surface area (Å²) in [7, 11) is 1.63. The van der Waals surface area contributed by atoms with Gasteiger partial charge < -0.3 is 15.4 Å². The highest BCUT2D eigenvalue weighted by atomic mass is 16.5. The third kappa shape index (κ3) is 4.27. The van der Waals surface area contributed by atoms with Gasteiger partial charge in [0.25, 0.3) is 0 Å². The van der Waals surface area contributed by atoms with E-state index in [1.165, 1.54) is 0 Å². The van der Waals surface area contributed by atoms with Gasteiger partial charge in [-0.25, -0.2) is 4.98 Å². The highest BCUT2D eigenvalue weighted by Gasteiger charge is 2.35. The van der Waals surface area contributed by atoms with Gasteiger partial charge in [0.1, 0.15) is 11.6 Å². The predicted molar refractivity (Wildman–Crippen MR) is 119 cm³/mol. The number of rotatable bonds is 5. The SMILES string of the molecule is COc1cccc(Nc2nc(Nc3cccc(C)c3)nc3c2C(=O)CC(C)(C)C3)c1. The maximum Gasteiger partial charge on any atom is 0.229 e. The number of aromatic nitrogens is 2. The van der Waals surface area contributed by atoms with Crippen molar-refractivity contribution in [2.45, 2.75) is 33.6 Å². The molecule has 1 aliphatic rings. The van der Waals surface area contributed by atoms with Crippen molar-refractivity contribution < 1.29 is 9.53 Å². The van der Waals surface area contributed by atoms with E-state index in [2.05, 4.69) is 29.5 Å². The lowest BCUT2D eigenvalue weighted by Crippen LogP contribution is -2.29. The lowest BCUT2D eigenvalue weighted by molar-refractivity contribution is 0.0911. The van der Waals surface area contributed by atoms with Crippen LogP contribution in [-0.2, 0) is 6.42 Å². The Morgan fingerprint density at radius 2 is 1.70 bits per heavy atom. The van der Waals surface area contributed by atoms with Crippen molar-refractivity contribution in [1.29, 1.82) is 0 Å². The molecule has 2 aromatic carbocycles. The maximum absolute atomic E-state index is 13.0. The summed E-state index contributed by atoms with van der Waals surface area (Å²) < 4.78 is 5.32. The minimum Gasteiger partial charge on any atom is -0.497 e. The number of ether oxygens (including phenoxy) is 1. The molecule has 0 saturated heterocycles. The van der Waals surface area contributed by atoms with Crippen LogP contribution in [0.1, 0.15) is 41.9 Å². The fourth-order valence-corrected chi connectivity index (χ4v) is 3.80. The van der Waals surface area contributed by atoms with Gasteiger partial charge in [-0.15, -0.1) is 0 Å². The molecule has 0 fully saturated rings. The van der Waals surface area contributed by atoms with Crippen LogP contribution in [0.3, 0.4) is 0 Å². The molecular weight excluding hydrogens is 376 g/mol. The Morgan fingerprint density at radius 3 is 2.43 bits per heavy atom. The Bertz CT molecular complexity index is 1110. The summed E-state index contributed by atoms with van der Waals surface area (Å²) in [6, 6.07) is 15.6. The molecule has 0 amide bonds. The van der Waals surface area contributed by atoms with Gasteiger partial charge in [-0.3, -0.25) is 4.79 Å². The normalized spacial score (nSPS) is 14.7. The summed E-state index contributed by atoms with van der Waals surface area (Å²) in [6.07, 6.45) is 1.19. The number of Topliss-reactive ketones (excluding diaryl/α,β-unsaturated/α-hetero) is 1. The van der Waals surface area contributed by atoms with E-state index in [1.54, 1.807) is 7.11 Å². The first kappa shape index (κ1) is 19.9. The molecule has 154 valence electrons. The number of aryl methyl sites for hydroxylation is 1. The van der Waals surface area contributed by atoms with Crippen LogP contribution in [0.15, 0.2) is 48.5 Å². The van der Waals surface area contributed by atoms with Gasteiger partial charge in [0.2, 0.25) is 5.95 Å². The summed E-state index contributed by atoms with van der Waals surface area (Å²) in [5.41, 5.74) is 4.06. The molecule has 1 aromatic heterocycles. The van der Waals surface area contributed by atoms with Crippen LogP contribution >= 0.6 is 0 Å². The number of fused-ring (bicyclic) bond motifs is 1. The molecule has 0 saturated carbocycles. The van der Waals surface area contributed by atoms with Crippen molar-refractivity contribution in [3.05, 3.63) is 65.4 Å². The highest BCUT2D eigenvalue weighted by Crippen LogP contribution is 2.38. The van der Waals surface area contributed by atoms with E-state index in [0.717, 1.165) is 28.4 Å². The van der Waals surface area contributed by atoms with E-state index in [9.17, 15) is 4.79 Å². The van der Waals surface area contributed by atoms with Crippen molar-refractivity contribution in [3.63, 3.8) is 0 Å². The van der Waals surface area contributed by atoms with Crippen LogP contribution in [0.25, 0.3) is 0 Å². The molecule has 0 bridgehead atoms. The summed E-state index contributed by atoms with van der Waals surface area (Å²) in [6.45, 7) is 6.23. The van der Waals surface area contributed by atoms with E-state index < -0.39 is 0 Å². The topological polar surface area (TPSA) is 76.1 Å². The lowest BCUT2D eigenvalue weighted by Gasteiger charge is -2.30. The van der Waals surface area contributed by atoms with Crippen LogP contribution in [-0.4, -0.2) is 22.9 Å². The molecule has 1 heterocycles. The number of anilines is 4. The zero-order chi connectivity index (χ0) is 21.3. The summed E-state index contributed by atoms with van der Waals surface area (Å²) in [5.74, 6) is 1.78. The quantitative estimate of drug-likeness (QED) is 0.592. The number of ketones is 1. The monoisotopic (exact) mass is 402 g/mol. The number of hydrogen-bond donors (Lipinski definition) is 2. The van der Waals surface area contributed by atoms with Crippen LogP contribution in [0.4, 0.5) is 23.1 Å². The van der Waals surface area contributed by atoms with Crippen LogP contribution in [0.5, 0.6) is 5.75 Å². The molecular formula is C24H26N4O2. The fourth-order valence-electron chi connectivity index (χ4n) is 3.80. The molecule has 0 spiro atoms. The van der Waals surface area contributed by atoms with Crippen LogP contribution in [0.2, 0.25) is 0 Å². The van der Waals surface area contributed by atoms with E-state index in [1.807, 2.05) is 55.5 Å². The summed E-state index contributed by atoms with van der Waals surface area (Å²) in [5, 5.41) is 6.60. The van der Waals surface area contributed by atoms with E-state index in [4.69, 9.17) is 9.72 Å². The van der Waals surface area contributed by atoms with Crippen LogP contribution in [0, 0.1) is 12.3 Å². The molecule has 0 radical (unpaired) electrons. The molecule has 4 rings (SSSR count). The zero-order valence-corrected chi connectivity index (χ0v) is 17.7. The van der Waals surface area contributed by atoms with Crippen molar-refractivity contribution in [2.24, 2.45) is 5.41 Å². The van der Waals surface area contributed by atoms with Gasteiger partial charge in [0.15, 0.2) is 5.78 Å². The summed E-state index contributed by atoms with van der Waals surface area (Å²) >= 11 is 0. The van der Waals surface area contributed by atoms with Gasteiger partial charge in [-0.2, -0.15) is 4.98 Å². The average molecular weight is 402 g/mol. The molecule has 1 aliphatic carbocycles. The largest absolute Gasteiger partial charge is 0.497 e. The van der Waals surface area contributed by atoms with E-state index in [-0.39, 0.29) is 11.2 Å². The Hall–Kier alpha value is -3.41. The minimum absolute atomic E-state index is 0.0637. The van der Waals surface area contributed by atoms with Crippen molar-refractivity contribution in [3.8, 4) is 5.75 Å². The Kier molecular flexibility index (Phi) is 5.16. The third-order valence-corrected chi connectivity index (χ3v) is 5.15. The zero-order valence-electron chi connectivity index (χ0n) is 17.7. The highest BCUT2D eigenvalue weighted by molar-refractivity contribution is 6.03. The molecule has 0 atom stereocenters. The van der Waals surface area contributed by atoms with Gasteiger partial charge in [-0.05, 0) is 48.6 Å². The molecule has 6 heteroatoms. The number of carbonyl (C=O) groups is 1. The minimum atomic E-state index is -0.133. The Labute approximate surface area is 176 Å². The van der Waals surface area contributed by atoms with Crippen molar-refractivity contribution in [2.75, 3.05) is 17.7 Å². The second-order valence-electron chi connectivity index (χ2n) is 8.51. The van der Waals surface area contributed by atoms with Crippen LogP contribution < -0.4 is 15.4 Å². The third-order valence-electron chi connectivity index (χ3n) is 5.15. The fraction of sp³-hybridized carbons (Fsp3) is 0.292. The standard InChI is InChI=1S/C24H26N4O2/c1-15-7-5-8-16(11-15)26-23-27-19-13-24(2,3)14-20(29)21(19)22(28-23)25-17-9-6-10-18(12-17)30-4/h5-12H,13-14H2,1-4H3,(H2,25,26,27,28). The number of nitrogens with zero attached hydrogens (tertiary/aromatic N) is 2. The predicted octanol–water partition coefficient (Wildman–Crippen LogP) is 5.44. The second-order valence-corrected chi connectivity index (χ2v) is 8.51. The molecule has 6 nitrogen and oxygen atoms in total. The molecule has 30 heavy (non-hydrogen) atoms. The molecule has 3 aromatic rings. The first-order chi connectivity index (χ1) is 14.3. The number of methoxy groups -OCH3 is 1. The Morgan fingerprint density at radius 1 is 0.967 bits per heavy atom. The van der Waals surface area contributed by atoms with Gasteiger partial charge >= 0.3 is 0 Å². The summed E-state index contributed by atoms with van der Waals surface area (Å²) in [4.78, 5) is 22.4. The first-order valence-corrected chi connectivity index (χ1v) is 10.0. The first-order valence-electron chi connectivity index (χ1n) is 10.0. The number of benzene rings is 2. The number of carbonyl (C=O) groups excluding carboxylic acids is 1. The van der Waals surface area contributed by atoms with Gasteiger partial charge in [0, 0.05) is 23.9 Å². The van der Waals surface area contributed by atoms with Crippen molar-refractivity contribution in [1.82, 2.24) is 9.97 Å². The molecule has 0 unspecified atom stereocenters. The van der Waals surface area contributed by atoms with E-state index >= 15 is 0 Å². The van der Waals surface area contributed by atoms with Gasteiger partial charge in [0.05, 0.1) is 18.4 Å². The Balaban J connectivity index is 1.77. The van der Waals surface area contributed by atoms with E-state index in [0.29, 0.717) is 30.2 Å². The number of hydrogen-bond acceptors (Lipinski definition) is 6. The van der Waals surface area contributed by atoms with Gasteiger partial charge in [-0.1, -0.05) is 32.0 Å². The smallest absolute Gasteiger partial charge is 0.229 e. The molecule has 2 N–H and O–H groups in total. The number of nitrogens with one attached hydrogen (secondary N) is 2. The molecule has 0 aliphatic heterocycles.